The summed E-state index contributed by atoms with van der Waals surface area (Å²) in [7, 11) is 1.93. The van der Waals surface area contributed by atoms with Crippen molar-refractivity contribution < 1.29 is 0 Å². The number of hydrogen-bond donors (Lipinski definition) is 1. The Bertz CT molecular complexity index is 350. The summed E-state index contributed by atoms with van der Waals surface area (Å²) < 4.78 is 0.992. The highest BCUT2D eigenvalue weighted by molar-refractivity contribution is 9.10. The second kappa shape index (κ2) is 6.17. The second-order valence-electron chi connectivity index (χ2n) is 3.29. The predicted molar refractivity (Wildman–Crippen MR) is 69.0 cm³/mol. The lowest BCUT2D eigenvalue weighted by Gasteiger charge is -2.16. The van der Waals surface area contributed by atoms with Gasteiger partial charge >= 0.3 is 0 Å². The maximum atomic E-state index is 5.99. The molecule has 0 amide bonds. The van der Waals surface area contributed by atoms with E-state index in [1.54, 1.807) is 0 Å². The molecule has 0 aliphatic heterocycles. The van der Waals surface area contributed by atoms with E-state index in [-0.39, 0.29) is 6.04 Å². The van der Waals surface area contributed by atoms with Gasteiger partial charge in [-0.25, -0.2) is 0 Å². The van der Waals surface area contributed by atoms with E-state index in [9.17, 15) is 0 Å². The highest BCUT2D eigenvalue weighted by Crippen LogP contribution is 2.25. The maximum Gasteiger partial charge on any atom is 0.0420 e. The van der Waals surface area contributed by atoms with E-state index in [4.69, 9.17) is 18.0 Å². The van der Waals surface area contributed by atoms with Crippen LogP contribution in [0.2, 0.25) is 5.02 Å². The Labute approximate surface area is 104 Å². The van der Waals surface area contributed by atoms with E-state index in [1.807, 2.05) is 19.2 Å². The van der Waals surface area contributed by atoms with Crippen LogP contribution in [0.1, 0.15) is 24.4 Å². The van der Waals surface area contributed by atoms with Crippen molar-refractivity contribution in [3.05, 3.63) is 33.3 Å². The zero-order valence-electron chi connectivity index (χ0n) is 8.56. The lowest BCUT2D eigenvalue weighted by atomic mass is 10.0. The predicted octanol–water partition coefficient (Wildman–Crippen LogP) is 3.78. The largest absolute Gasteiger partial charge is 0.313 e. The van der Waals surface area contributed by atoms with Gasteiger partial charge in [-0.1, -0.05) is 27.5 Å². The van der Waals surface area contributed by atoms with Gasteiger partial charge < -0.3 is 5.32 Å². The van der Waals surface area contributed by atoms with Gasteiger partial charge in [-0.15, -0.1) is 12.3 Å². The molecule has 0 saturated heterocycles. The number of nitrogens with one attached hydrogen (secondary N) is 1. The third-order valence-electron chi connectivity index (χ3n) is 2.21. The summed E-state index contributed by atoms with van der Waals surface area (Å²) >= 11 is 9.41. The van der Waals surface area contributed by atoms with Gasteiger partial charge in [-0.3, -0.25) is 0 Å². The van der Waals surface area contributed by atoms with Gasteiger partial charge in [0.1, 0.15) is 0 Å². The first kappa shape index (κ1) is 12.6. The second-order valence-corrected chi connectivity index (χ2v) is 4.64. The number of hydrogen-bond acceptors (Lipinski definition) is 1. The van der Waals surface area contributed by atoms with E-state index < -0.39 is 0 Å². The summed E-state index contributed by atoms with van der Waals surface area (Å²) in [5, 5.41) is 3.97. The molecular weight excluding hydrogens is 273 g/mol. The monoisotopic (exact) mass is 285 g/mol. The molecule has 1 aromatic rings. The molecule has 1 unspecified atom stereocenters. The molecule has 1 atom stereocenters. The lowest BCUT2D eigenvalue weighted by molar-refractivity contribution is 0.558. The summed E-state index contributed by atoms with van der Waals surface area (Å²) in [6.07, 6.45) is 6.93. The molecule has 1 N–H and O–H groups in total. The molecule has 0 saturated carbocycles. The fraction of sp³-hybridized carbons (Fsp3) is 0.333. The van der Waals surface area contributed by atoms with E-state index in [0.29, 0.717) is 0 Å². The molecule has 3 heteroatoms. The summed E-state index contributed by atoms with van der Waals surface area (Å²) in [6, 6.07) is 6.16. The van der Waals surface area contributed by atoms with Gasteiger partial charge in [0.15, 0.2) is 0 Å². The normalized spacial score (nSPS) is 12.1. The van der Waals surface area contributed by atoms with Crippen LogP contribution in [0.3, 0.4) is 0 Å². The van der Waals surface area contributed by atoms with Crippen LogP contribution in [0.25, 0.3) is 0 Å². The Hall–Kier alpha value is -0.490. The Morgan fingerprint density at radius 3 is 2.80 bits per heavy atom. The third-order valence-corrected chi connectivity index (χ3v) is 2.89. The van der Waals surface area contributed by atoms with Crippen LogP contribution < -0.4 is 5.32 Å². The highest BCUT2D eigenvalue weighted by atomic mass is 79.9. The van der Waals surface area contributed by atoms with Crippen molar-refractivity contribution in [3.8, 4) is 12.3 Å². The molecule has 0 aliphatic carbocycles. The van der Waals surface area contributed by atoms with Gasteiger partial charge in [-0.2, -0.15) is 0 Å². The smallest absolute Gasteiger partial charge is 0.0420 e. The molecule has 0 spiro atoms. The van der Waals surface area contributed by atoms with Gasteiger partial charge in [0.05, 0.1) is 0 Å². The molecule has 0 aromatic heterocycles. The molecule has 0 aliphatic rings. The minimum atomic E-state index is 0.260. The van der Waals surface area contributed by atoms with E-state index >= 15 is 0 Å². The minimum Gasteiger partial charge on any atom is -0.313 e. The van der Waals surface area contributed by atoms with Crippen LogP contribution >= 0.6 is 27.5 Å². The number of terminal acetylenes is 1. The van der Waals surface area contributed by atoms with Gasteiger partial charge in [0, 0.05) is 22.0 Å². The summed E-state index contributed by atoms with van der Waals surface area (Å²) in [5.41, 5.74) is 1.16. The first-order chi connectivity index (χ1) is 7.17. The molecule has 15 heavy (non-hydrogen) atoms. The van der Waals surface area contributed by atoms with Crippen molar-refractivity contribution in [2.24, 2.45) is 0 Å². The summed E-state index contributed by atoms with van der Waals surface area (Å²) in [6.45, 7) is 0. The van der Waals surface area contributed by atoms with Crippen LogP contribution in [0.5, 0.6) is 0 Å². The molecule has 1 nitrogen and oxygen atoms in total. The number of benzene rings is 1. The Morgan fingerprint density at radius 2 is 2.27 bits per heavy atom. The van der Waals surface area contributed by atoms with Crippen LogP contribution in [-0.2, 0) is 0 Å². The Morgan fingerprint density at radius 1 is 1.53 bits per heavy atom. The van der Waals surface area contributed by atoms with Crippen molar-refractivity contribution in [1.82, 2.24) is 5.32 Å². The first-order valence-corrected chi connectivity index (χ1v) is 5.91. The summed E-state index contributed by atoms with van der Waals surface area (Å²) in [5.74, 6) is 2.65. The van der Waals surface area contributed by atoms with Crippen molar-refractivity contribution in [1.29, 1.82) is 0 Å². The molecule has 0 bridgehead atoms. The topological polar surface area (TPSA) is 12.0 Å². The number of rotatable bonds is 4. The van der Waals surface area contributed by atoms with Gasteiger partial charge in [0.25, 0.3) is 0 Å². The van der Waals surface area contributed by atoms with Crippen LogP contribution in [0.15, 0.2) is 22.7 Å². The average molecular weight is 287 g/mol. The quantitative estimate of drug-likeness (QED) is 0.831. The van der Waals surface area contributed by atoms with E-state index in [1.165, 1.54) is 0 Å². The first-order valence-electron chi connectivity index (χ1n) is 4.74. The molecular formula is C12H13BrClN. The van der Waals surface area contributed by atoms with Crippen molar-refractivity contribution in [2.75, 3.05) is 7.05 Å². The van der Waals surface area contributed by atoms with Gasteiger partial charge in [-0.05, 0) is 37.2 Å². The highest BCUT2D eigenvalue weighted by Gasteiger charge is 2.09. The third kappa shape index (κ3) is 3.87. The average Bonchev–Trinajstić information content (AvgIpc) is 2.17. The molecule has 1 aromatic carbocycles. The molecule has 0 heterocycles. The van der Waals surface area contributed by atoms with Gasteiger partial charge in [0.2, 0.25) is 0 Å². The molecule has 0 radical (unpaired) electrons. The standard InChI is InChI=1S/C12H13BrClN/c1-3-4-5-12(15-2)9-6-10(13)8-11(14)7-9/h1,6-8,12,15H,4-5H2,2H3. The SMILES string of the molecule is C#CCCC(NC)c1cc(Cl)cc(Br)c1. The lowest BCUT2D eigenvalue weighted by Crippen LogP contribution is -2.16. The van der Waals surface area contributed by atoms with Crippen LogP contribution in [0.4, 0.5) is 0 Å². The van der Waals surface area contributed by atoms with Crippen molar-refractivity contribution in [3.63, 3.8) is 0 Å². The van der Waals surface area contributed by atoms with Crippen molar-refractivity contribution >= 4 is 27.5 Å². The fourth-order valence-electron chi connectivity index (χ4n) is 1.48. The fourth-order valence-corrected chi connectivity index (χ4v) is 2.37. The zero-order valence-corrected chi connectivity index (χ0v) is 10.9. The zero-order chi connectivity index (χ0) is 11.3. The van der Waals surface area contributed by atoms with E-state index in [0.717, 1.165) is 27.9 Å². The van der Waals surface area contributed by atoms with Crippen molar-refractivity contribution in [2.45, 2.75) is 18.9 Å². The molecule has 0 fully saturated rings. The molecule has 80 valence electrons. The van der Waals surface area contributed by atoms with Crippen LogP contribution in [-0.4, -0.2) is 7.05 Å². The Kier molecular flexibility index (Phi) is 5.17. The Balaban J connectivity index is 2.87. The van der Waals surface area contributed by atoms with E-state index in [2.05, 4.69) is 33.2 Å². The maximum absolute atomic E-state index is 5.99. The number of halogens is 2. The van der Waals surface area contributed by atoms with Crippen LogP contribution in [0, 0.1) is 12.3 Å². The summed E-state index contributed by atoms with van der Waals surface area (Å²) in [4.78, 5) is 0. The molecule has 1 rings (SSSR count). The minimum absolute atomic E-state index is 0.260.